The first-order valence-electron chi connectivity index (χ1n) is 8.87. The fourth-order valence-corrected chi connectivity index (χ4v) is 3.80. The van der Waals surface area contributed by atoms with E-state index in [1.807, 2.05) is 6.07 Å². The Kier molecular flexibility index (Phi) is 8.00. The molecule has 10 heteroatoms. The van der Waals surface area contributed by atoms with Crippen LogP contribution in [0.15, 0.2) is 34.9 Å². The van der Waals surface area contributed by atoms with E-state index in [1.54, 1.807) is 6.92 Å². The number of carbonyl (C=O) groups is 4. The lowest BCUT2D eigenvalue weighted by Crippen LogP contribution is -2.44. The van der Waals surface area contributed by atoms with Gasteiger partial charge in [-0.1, -0.05) is 23.9 Å². The monoisotopic (exact) mass is 432 g/mol. The van der Waals surface area contributed by atoms with Crippen LogP contribution < -0.4 is 5.32 Å². The smallest absolute Gasteiger partial charge is 0.337 e. The maximum Gasteiger partial charge on any atom is 0.337 e. The molecule has 0 fully saturated rings. The van der Waals surface area contributed by atoms with Crippen LogP contribution in [0.4, 0.5) is 0 Å². The van der Waals surface area contributed by atoms with Gasteiger partial charge in [0.2, 0.25) is 5.91 Å². The van der Waals surface area contributed by atoms with Gasteiger partial charge in [0.25, 0.3) is 0 Å². The Morgan fingerprint density at radius 2 is 1.83 bits per heavy atom. The number of esters is 3. The zero-order valence-corrected chi connectivity index (χ0v) is 17.4. The molecule has 2 atom stereocenters. The molecule has 1 aliphatic heterocycles. The molecule has 2 rings (SSSR count). The molecule has 1 aromatic carbocycles. The molecular formula is C20H20N2O7S. The summed E-state index contributed by atoms with van der Waals surface area (Å²) in [6.07, 6.45) is 0. The average molecular weight is 432 g/mol. The van der Waals surface area contributed by atoms with Crippen LogP contribution in [0.1, 0.15) is 28.8 Å². The molecule has 0 radical (unpaired) electrons. The van der Waals surface area contributed by atoms with Crippen molar-refractivity contribution in [1.29, 1.82) is 5.26 Å². The number of hydrogen-bond donors (Lipinski definition) is 1. The predicted molar refractivity (Wildman–Crippen MR) is 106 cm³/mol. The minimum atomic E-state index is -1.31. The Morgan fingerprint density at radius 1 is 1.17 bits per heavy atom. The van der Waals surface area contributed by atoms with Gasteiger partial charge in [0, 0.05) is 5.92 Å². The molecule has 1 amide bonds. The molecule has 30 heavy (non-hydrogen) atoms. The van der Waals surface area contributed by atoms with Crippen LogP contribution in [-0.2, 0) is 28.6 Å². The topological polar surface area (TPSA) is 132 Å². The van der Waals surface area contributed by atoms with Crippen LogP contribution in [-0.4, -0.2) is 50.4 Å². The lowest BCUT2D eigenvalue weighted by Gasteiger charge is -2.30. The van der Waals surface area contributed by atoms with E-state index >= 15 is 0 Å². The first kappa shape index (κ1) is 23.0. The molecule has 0 bridgehead atoms. The third-order valence-electron chi connectivity index (χ3n) is 4.31. The third-order valence-corrected chi connectivity index (χ3v) is 5.31. The van der Waals surface area contributed by atoms with E-state index in [0.29, 0.717) is 5.56 Å². The molecule has 0 unspecified atom stereocenters. The maximum absolute atomic E-state index is 12.7. The SMILES string of the molecule is CCOC(=O)CSC1=C(C#N)[C@@H](c2ccc(C(=O)OC)cc2)[C@H](C(=O)OC)C(=O)N1. The fraction of sp³-hybridized carbons (Fsp3) is 0.350. The highest BCUT2D eigenvalue weighted by Crippen LogP contribution is 2.40. The largest absolute Gasteiger partial charge is 0.468 e. The van der Waals surface area contributed by atoms with Crippen molar-refractivity contribution in [2.24, 2.45) is 5.92 Å². The van der Waals surface area contributed by atoms with Crippen molar-refractivity contribution in [3.63, 3.8) is 0 Å². The quantitative estimate of drug-likeness (QED) is 0.387. The number of methoxy groups -OCH3 is 2. The third kappa shape index (κ3) is 4.99. The molecule has 0 saturated carbocycles. The Bertz CT molecular complexity index is 918. The minimum Gasteiger partial charge on any atom is -0.468 e. The van der Waals surface area contributed by atoms with Gasteiger partial charge in [0.1, 0.15) is 5.92 Å². The molecule has 0 spiro atoms. The number of nitrogens with one attached hydrogen (secondary N) is 1. The molecule has 158 valence electrons. The first-order valence-corrected chi connectivity index (χ1v) is 9.86. The normalized spacial score (nSPS) is 18.1. The van der Waals surface area contributed by atoms with Crippen molar-refractivity contribution < 1.29 is 33.4 Å². The summed E-state index contributed by atoms with van der Waals surface area (Å²) in [4.78, 5) is 48.4. The van der Waals surface area contributed by atoms with Crippen molar-refractivity contribution in [2.45, 2.75) is 12.8 Å². The summed E-state index contributed by atoms with van der Waals surface area (Å²) < 4.78 is 14.3. The van der Waals surface area contributed by atoms with Gasteiger partial charge in [0.15, 0.2) is 0 Å². The number of rotatable bonds is 7. The molecule has 1 aromatic rings. The van der Waals surface area contributed by atoms with Crippen molar-refractivity contribution in [2.75, 3.05) is 26.6 Å². The fourth-order valence-electron chi connectivity index (χ4n) is 2.96. The van der Waals surface area contributed by atoms with Crippen molar-refractivity contribution in [3.8, 4) is 6.07 Å². The average Bonchev–Trinajstić information content (AvgIpc) is 2.76. The van der Waals surface area contributed by atoms with Gasteiger partial charge in [-0.15, -0.1) is 0 Å². The van der Waals surface area contributed by atoms with E-state index < -0.39 is 35.7 Å². The lowest BCUT2D eigenvalue weighted by atomic mass is 9.78. The highest BCUT2D eigenvalue weighted by molar-refractivity contribution is 8.03. The number of hydrogen-bond acceptors (Lipinski definition) is 9. The number of thioether (sulfide) groups is 1. The van der Waals surface area contributed by atoms with E-state index in [-0.39, 0.29) is 28.5 Å². The van der Waals surface area contributed by atoms with Crippen LogP contribution in [0.2, 0.25) is 0 Å². The second-order valence-electron chi connectivity index (χ2n) is 6.03. The summed E-state index contributed by atoms with van der Waals surface area (Å²) >= 11 is 0.938. The lowest BCUT2D eigenvalue weighted by molar-refractivity contribution is -0.150. The van der Waals surface area contributed by atoms with Crippen LogP contribution in [0, 0.1) is 17.2 Å². The van der Waals surface area contributed by atoms with E-state index in [9.17, 15) is 24.4 Å². The summed E-state index contributed by atoms with van der Waals surface area (Å²) in [5.41, 5.74) is 0.833. The summed E-state index contributed by atoms with van der Waals surface area (Å²) in [6.45, 7) is 1.87. The van der Waals surface area contributed by atoms with Crippen LogP contribution in [0.25, 0.3) is 0 Å². The molecule has 0 saturated heterocycles. The standard InChI is InChI=1S/C20H20N2O7S/c1-4-29-14(23)10-30-18-13(9-21)15(16(17(24)22-18)20(26)28-3)11-5-7-12(8-6-11)19(25)27-2/h5-8,15-16H,4,10H2,1-3H3,(H,22,24)/t15-,16+/m1/s1. The number of amides is 1. The summed E-state index contributed by atoms with van der Waals surface area (Å²) in [5, 5.41) is 12.5. The number of carbonyl (C=O) groups excluding carboxylic acids is 4. The number of allylic oxidation sites excluding steroid dienone is 1. The van der Waals surface area contributed by atoms with Crippen molar-refractivity contribution >= 4 is 35.6 Å². The van der Waals surface area contributed by atoms with Gasteiger partial charge in [-0.05, 0) is 24.6 Å². The highest BCUT2D eigenvalue weighted by atomic mass is 32.2. The summed E-state index contributed by atoms with van der Waals surface area (Å²) in [6, 6.07) is 8.05. The van der Waals surface area contributed by atoms with E-state index in [4.69, 9.17) is 9.47 Å². The van der Waals surface area contributed by atoms with Gasteiger partial charge < -0.3 is 19.5 Å². The Labute approximate surface area is 177 Å². The minimum absolute atomic E-state index is 0.102. The Balaban J connectivity index is 2.50. The van der Waals surface area contributed by atoms with E-state index in [0.717, 1.165) is 18.9 Å². The molecule has 1 aliphatic rings. The predicted octanol–water partition coefficient (Wildman–Crippen LogP) is 1.51. The number of ether oxygens (including phenoxy) is 3. The van der Waals surface area contributed by atoms with E-state index in [1.165, 1.54) is 31.4 Å². The van der Waals surface area contributed by atoms with Crippen LogP contribution in [0.3, 0.4) is 0 Å². The van der Waals surface area contributed by atoms with Gasteiger partial charge in [-0.2, -0.15) is 5.26 Å². The molecule has 0 aromatic heterocycles. The van der Waals surface area contributed by atoms with Crippen molar-refractivity contribution in [3.05, 3.63) is 46.0 Å². The van der Waals surface area contributed by atoms with Gasteiger partial charge >= 0.3 is 17.9 Å². The second-order valence-corrected chi connectivity index (χ2v) is 7.02. The number of nitriles is 1. The summed E-state index contributed by atoms with van der Waals surface area (Å²) in [5.74, 6) is -4.89. The van der Waals surface area contributed by atoms with E-state index in [2.05, 4.69) is 10.1 Å². The number of nitrogens with zero attached hydrogens (tertiary/aromatic N) is 1. The van der Waals surface area contributed by atoms with Gasteiger partial charge in [0.05, 0.1) is 48.8 Å². The molecule has 9 nitrogen and oxygen atoms in total. The highest BCUT2D eigenvalue weighted by Gasteiger charge is 2.44. The molecule has 1 N–H and O–H groups in total. The zero-order chi connectivity index (χ0) is 22.3. The summed E-state index contributed by atoms with van der Waals surface area (Å²) in [7, 11) is 2.40. The molecule has 1 heterocycles. The van der Waals surface area contributed by atoms with Crippen molar-refractivity contribution in [1.82, 2.24) is 5.32 Å². The molecule has 0 aliphatic carbocycles. The first-order chi connectivity index (χ1) is 14.4. The molecular weight excluding hydrogens is 412 g/mol. The zero-order valence-electron chi connectivity index (χ0n) is 16.6. The van der Waals surface area contributed by atoms with Crippen LogP contribution in [0.5, 0.6) is 0 Å². The Morgan fingerprint density at radius 3 is 2.37 bits per heavy atom. The number of benzene rings is 1. The maximum atomic E-state index is 12.7. The van der Waals surface area contributed by atoms with Gasteiger partial charge in [-0.3, -0.25) is 14.4 Å². The van der Waals surface area contributed by atoms with Gasteiger partial charge in [-0.25, -0.2) is 4.79 Å². The Hall–Kier alpha value is -3.32. The second kappa shape index (κ2) is 10.5. The van der Waals surface area contributed by atoms with Crippen LogP contribution >= 0.6 is 11.8 Å².